The molecule has 6 nitrogen and oxygen atoms in total. The molecule has 0 atom stereocenters. The quantitative estimate of drug-likeness (QED) is 0.399. The van der Waals surface area contributed by atoms with Gasteiger partial charge in [-0.15, -0.1) is 0 Å². The van der Waals surface area contributed by atoms with E-state index in [2.05, 4.69) is 15.7 Å². The van der Waals surface area contributed by atoms with Crippen LogP contribution in [0.1, 0.15) is 28.8 Å². The third-order valence-corrected chi connectivity index (χ3v) is 5.68. The third-order valence-electron chi connectivity index (χ3n) is 5.68. The van der Waals surface area contributed by atoms with Crippen LogP contribution < -0.4 is 10.6 Å². The smallest absolute Gasteiger partial charge is 0.259 e. The number of hydrogen-bond donors (Lipinski definition) is 2. The van der Waals surface area contributed by atoms with Gasteiger partial charge in [0, 0.05) is 29.1 Å². The van der Waals surface area contributed by atoms with Crippen molar-refractivity contribution in [2.24, 2.45) is 5.92 Å². The summed E-state index contributed by atoms with van der Waals surface area (Å²) in [5, 5.41) is 10.4. The lowest BCUT2D eigenvalue weighted by Crippen LogP contribution is -2.15. The lowest BCUT2D eigenvalue weighted by molar-refractivity contribution is -0.117. The number of hydrogen-bond acceptors (Lipinski definition) is 3. The molecule has 5 rings (SSSR count). The monoisotopic (exact) mass is 454 g/mol. The third kappa shape index (κ3) is 4.73. The lowest BCUT2D eigenvalue weighted by Gasteiger charge is -2.09. The molecule has 0 bridgehead atoms. The normalized spacial score (nSPS) is 12.9. The van der Waals surface area contributed by atoms with Gasteiger partial charge < -0.3 is 10.6 Å². The maximum Gasteiger partial charge on any atom is 0.259 e. The minimum Gasteiger partial charge on any atom is -0.326 e. The zero-order valence-corrected chi connectivity index (χ0v) is 18.6. The van der Waals surface area contributed by atoms with E-state index in [1.165, 1.54) is 12.1 Å². The summed E-state index contributed by atoms with van der Waals surface area (Å²) in [7, 11) is 0. The van der Waals surface area contributed by atoms with Crippen LogP contribution in [0.4, 0.5) is 15.8 Å². The van der Waals surface area contributed by atoms with Gasteiger partial charge in [-0.05, 0) is 68.3 Å². The van der Waals surface area contributed by atoms with Crippen molar-refractivity contribution in [3.63, 3.8) is 0 Å². The van der Waals surface area contributed by atoms with E-state index in [1.54, 1.807) is 47.3 Å². The van der Waals surface area contributed by atoms with Crippen LogP contribution in [0.2, 0.25) is 0 Å². The summed E-state index contributed by atoms with van der Waals surface area (Å²) >= 11 is 0. The molecular weight excluding hydrogens is 431 g/mol. The van der Waals surface area contributed by atoms with Crippen molar-refractivity contribution in [1.29, 1.82) is 0 Å². The molecule has 0 unspecified atom stereocenters. The molecule has 4 aromatic rings. The van der Waals surface area contributed by atoms with Gasteiger partial charge in [0.2, 0.25) is 5.91 Å². The predicted molar refractivity (Wildman–Crippen MR) is 129 cm³/mol. The van der Waals surface area contributed by atoms with Crippen LogP contribution in [-0.2, 0) is 4.79 Å². The number of benzene rings is 3. The molecule has 2 amide bonds. The Morgan fingerprint density at radius 2 is 1.65 bits per heavy atom. The highest BCUT2D eigenvalue weighted by atomic mass is 19.1. The predicted octanol–water partition coefficient (Wildman–Crippen LogP) is 5.59. The summed E-state index contributed by atoms with van der Waals surface area (Å²) in [4.78, 5) is 25.4. The molecule has 1 aliphatic carbocycles. The molecule has 34 heavy (non-hydrogen) atoms. The van der Waals surface area contributed by atoms with Crippen molar-refractivity contribution in [2.45, 2.75) is 19.8 Å². The number of aromatic nitrogens is 2. The molecule has 1 heterocycles. The molecule has 170 valence electrons. The molecule has 0 radical (unpaired) electrons. The number of nitrogens with zero attached hydrogens (tertiary/aromatic N) is 2. The van der Waals surface area contributed by atoms with Gasteiger partial charge in [-0.25, -0.2) is 9.07 Å². The van der Waals surface area contributed by atoms with Crippen LogP contribution in [0.15, 0.2) is 79.0 Å². The number of anilines is 2. The van der Waals surface area contributed by atoms with Crippen LogP contribution in [-0.4, -0.2) is 21.6 Å². The highest BCUT2D eigenvalue weighted by Gasteiger charge is 2.29. The Bertz CT molecular complexity index is 1370. The van der Waals surface area contributed by atoms with Gasteiger partial charge in [-0.2, -0.15) is 5.10 Å². The highest BCUT2D eigenvalue weighted by molar-refractivity contribution is 6.08. The zero-order chi connectivity index (χ0) is 23.7. The molecule has 1 saturated carbocycles. The van der Waals surface area contributed by atoms with Crippen molar-refractivity contribution in [3.05, 3.63) is 95.9 Å². The van der Waals surface area contributed by atoms with Crippen molar-refractivity contribution < 1.29 is 14.0 Å². The SMILES string of the molecule is Cc1cccc(-c2nn(-c3ccc(F)cc3)cc2C(=O)Nc2cccc(NC(=O)C3CC3)c2)c1. The Morgan fingerprint density at radius 3 is 2.35 bits per heavy atom. The lowest BCUT2D eigenvalue weighted by atomic mass is 10.1. The Balaban J connectivity index is 1.46. The van der Waals surface area contributed by atoms with Crippen molar-refractivity contribution in [3.8, 4) is 16.9 Å². The van der Waals surface area contributed by atoms with E-state index in [0.29, 0.717) is 28.3 Å². The summed E-state index contributed by atoms with van der Waals surface area (Å²) in [6.07, 6.45) is 3.48. The summed E-state index contributed by atoms with van der Waals surface area (Å²) in [5.41, 5.74) is 4.57. The average molecular weight is 455 g/mol. The van der Waals surface area contributed by atoms with E-state index in [1.807, 2.05) is 31.2 Å². The number of aryl methyl sites for hydroxylation is 1. The van der Waals surface area contributed by atoms with Gasteiger partial charge >= 0.3 is 0 Å². The Hall–Kier alpha value is -4.26. The van der Waals surface area contributed by atoms with E-state index in [9.17, 15) is 14.0 Å². The van der Waals surface area contributed by atoms with E-state index in [0.717, 1.165) is 24.0 Å². The van der Waals surface area contributed by atoms with E-state index in [4.69, 9.17) is 0 Å². The number of rotatable bonds is 6. The fourth-order valence-electron chi connectivity index (χ4n) is 3.73. The molecule has 1 fully saturated rings. The minimum atomic E-state index is -0.346. The number of amides is 2. The second kappa shape index (κ2) is 8.94. The number of carbonyl (C=O) groups is 2. The van der Waals surface area contributed by atoms with E-state index >= 15 is 0 Å². The number of nitrogens with one attached hydrogen (secondary N) is 2. The van der Waals surface area contributed by atoms with Crippen LogP contribution in [0.5, 0.6) is 0 Å². The molecule has 0 saturated heterocycles. The number of carbonyl (C=O) groups excluding carboxylic acids is 2. The fraction of sp³-hybridized carbons (Fsp3) is 0.148. The fourth-order valence-corrected chi connectivity index (χ4v) is 3.73. The van der Waals surface area contributed by atoms with Crippen LogP contribution in [0.25, 0.3) is 16.9 Å². The molecule has 3 aromatic carbocycles. The highest BCUT2D eigenvalue weighted by Crippen LogP contribution is 2.31. The van der Waals surface area contributed by atoms with E-state index in [-0.39, 0.29) is 23.5 Å². The summed E-state index contributed by atoms with van der Waals surface area (Å²) in [6.45, 7) is 1.97. The first-order valence-electron chi connectivity index (χ1n) is 11.1. The maximum absolute atomic E-state index is 13.4. The molecule has 7 heteroatoms. The van der Waals surface area contributed by atoms with Gasteiger partial charge in [0.05, 0.1) is 11.3 Å². The van der Waals surface area contributed by atoms with Gasteiger partial charge in [0.25, 0.3) is 5.91 Å². The summed E-state index contributed by atoms with van der Waals surface area (Å²) < 4.78 is 15.0. The zero-order valence-electron chi connectivity index (χ0n) is 18.6. The maximum atomic E-state index is 13.4. The Morgan fingerprint density at radius 1 is 0.941 bits per heavy atom. The first kappa shape index (κ1) is 21.6. The molecule has 0 aliphatic heterocycles. The summed E-state index contributed by atoms with van der Waals surface area (Å²) in [6, 6.07) is 20.7. The molecule has 1 aromatic heterocycles. The molecule has 2 N–H and O–H groups in total. The minimum absolute atomic E-state index is 0.00536. The van der Waals surface area contributed by atoms with Crippen molar-refractivity contribution >= 4 is 23.2 Å². The first-order chi connectivity index (χ1) is 16.5. The van der Waals surface area contributed by atoms with Crippen LogP contribution in [0, 0.1) is 18.7 Å². The van der Waals surface area contributed by atoms with Gasteiger partial charge in [0.1, 0.15) is 11.5 Å². The second-order valence-corrected chi connectivity index (χ2v) is 8.48. The largest absolute Gasteiger partial charge is 0.326 e. The van der Waals surface area contributed by atoms with Crippen molar-refractivity contribution in [1.82, 2.24) is 9.78 Å². The van der Waals surface area contributed by atoms with Gasteiger partial charge in [-0.1, -0.05) is 29.8 Å². The van der Waals surface area contributed by atoms with Crippen molar-refractivity contribution in [2.75, 3.05) is 10.6 Å². The van der Waals surface area contributed by atoms with E-state index < -0.39 is 0 Å². The average Bonchev–Trinajstić information content (AvgIpc) is 3.58. The number of halogens is 1. The Labute approximate surface area is 196 Å². The Kier molecular flexibility index (Phi) is 5.67. The first-order valence-corrected chi connectivity index (χ1v) is 11.1. The van der Waals surface area contributed by atoms with Gasteiger partial charge in [-0.3, -0.25) is 9.59 Å². The van der Waals surface area contributed by atoms with Crippen LogP contribution in [0.3, 0.4) is 0 Å². The molecule has 1 aliphatic rings. The van der Waals surface area contributed by atoms with Gasteiger partial charge in [0.15, 0.2) is 0 Å². The molecular formula is C27H23FN4O2. The van der Waals surface area contributed by atoms with Crippen LogP contribution >= 0.6 is 0 Å². The molecule has 0 spiro atoms. The second-order valence-electron chi connectivity index (χ2n) is 8.48. The topological polar surface area (TPSA) is 76.0 Å². The summed E-state index contributed by atoms with van der Waals surface area (Å²) in [5.74, 6) is -0.588. The standard InChI is InChI=1S/C27H23FN4O2/c1-17-4-2-5-19(14-17)25-24(16-32(31-25)23-12-10-20(28)11-13-23)27(34)30-22-7-3-6-21(15-22)29-26(33)18-8-9-18/h2-7,10-16,18H,8-9H2,1H3,(H,29,33)(H,30,34).